The molecule has 0 bridgehead atoms. The van der Waals surface area contributed by atoms with Crippen LogP contribution < -0.4 is 10.6 Å². The van der Waals surface area contributed by atoms with Crippen LogP contribution in [-0.4, -0.2) is 42.9 Å². The minimum Gasteiger partial charge on any atom is -0.479 e. The number of carboxylic acid groups (broad SMARTS) is 1. The van der Waals surface area contributed by atoms with Gasteiger partial charge in [-0.25, -0.2) is 9.59 Å². The third-order valence-electron chi connectivity index (χ3n) is 3.57. The summed E-state index contributed by atoms with van der Waals surface area (Å²) < 4.78 is 4.73. The number of rotatable bonds is 5. The van der Waals surface area contributed by atoms with Gasteiger partial charge in [0.15, 0.2) is 6.10 Å². The molecule has 18 heavy (non-hydrogen) atoms. The molecule has 6 nitrogen and oxygen atoms in total. The van der Waals surface area contributed by atoms with Crippen molar-refractivity contribution in [2.24, 2.45) is 5.41 Å². The fourth-order valence-corrected chi connectivity index (χ4v) is 2.26. The van der Waals surface area contributed by atoms with Crippen LogP contribution in [0, 0.1) is 5.41 Å². The van der Waals surface area contributed by atoms with E-state index in [2.05, 4.69) is 24.5 Å². The first kappa shape index (κ1) is 14.8. The first-order chi connectivity index (χ1) is 8.36. The molecule has 0 radical (unpaired) electrons. The molecule has 0 aromatic rings. The van der Waals surface area contributed by atoms with Crippen molar-refractivity contribution in [2.75, 3.05) is 13.7 Å². The van der Waals surface area contributed by atoms with E-state index in [9.17, 15) is 9.59 Å². The van der Waals surface area contributed by atoms with Gasteiger partial charge in [-0.1, -0.05) is 20.3 Å². The topological polar surface area (TPSA) is 87.7 Å². The largest absolute Gasteiger partial charge is 0.479 e. The Morgan fingerprint density at radius 1 is 1.50 bits per heavy atom. The molecule has 6 heteroatoms. The van der Waals surface area contributed by atoms with Gasteiger partial charge in [-0.15, -0.1) is 0 Å². The zero-order chi connectivity index (χ0) is 13.8. The van der Waals surface area contributed by atoms with Crippen molar-refractivity contribution >= 4 is 12.0 Å². The monoisotopic (exact) mass is 258 g/mol. The number of methoxy groups -OCH3 is 1. The van der Waals surface area contributed by atoms with Gasteiger partial charge >= 0.3 is 12.0 Å². The van der Waals surface area contributed by atoms with Crippen molar-refractivity contribution in [1.82, 2.24) is 10.6 Å². The Morgan fingerprint density at radius 2 is 2.17 bits per heavy atom. The number of nitrogens with one attached hydrogen (secondary N) is 2. The van der Waals surface area contributed by atoms with Crippen molar-refractivity contribution in [3.63, 3.8) is 0 Å². The van der Waals surface area contributed by atoms with Crippen molar-refractivity contribution < 1.29 is 19.4 Å². The maximum absolute atomic E-state index is 11.7. The Balaban J connectivity index is 2.36. The minimum absolute atomic E-state index is 0.0369. The second-order valence-electron chi connectivity index (χ2n) is 5.35. The molecular weight excluding hydrogens is 236 g/mol. The van der Waals surface area contributed by atoms with E-state index in [0.29, 0.717) is 0 Å². The average Bonchev–Trinajstić information content (AvgIpc) is 2.58. The number of carbonyl (C=O) groups is 2. The van der Waals surface area contributed by atoms with Crippen LogP contribution in [0.1, 0.15) is 33.1 Å². The van der Waals surface area contributed by atoms with E-state index in [1.807, 2.05) is 0 Å². The highest BCUT2D eigenvalue weighted by Gasteiger charge is 2.35. The predicted molar refractivity (Wildman–Crippen MR) is 66.4 cm³/mol. The molecule has 2 atom stereocenters. The van der Waals surface area contributed by atoms with Gasteiger partial charge in [-0.2, -0.15) is 0 Å². The Kier molecular flexibility index (Phi) is 4.95. The third kappa shape index (κ3) is 3.87. The standard InChI is InChI=1S/C12H22N2O4/c1-12(2)6-4-5-9(12)14-11(17)13-7-8(18-3)10(15)16/h8-9H,4-7H2,1-3H3,(H,15,16)(H2,13,14,17). The summed E-state index contributed by atoms with van der Waals surface area (Å²) in [6.45, 7) is 4.21. The molecule has 0 saturated heterocycles. The molecule has 1 fully saturated rings. The van der Waals surface area contributed by atoms with Gasteiger partial charge in [0.1, 0.15) is 0 Å². The Labute approximate surface area is 107 Å². The van der Waals surface area contributed by atoms with Crippen molar-refractivity contribution in [3.05, 3.63) is 0 Å². The van der Waals surface area contributed by atoms with Crippen LogP contribution in [0.3, 0.4) is 0 Å². The summed E-state index contributed by atoms with van der Waals surface area (Å²) in [7, 11) is 1.30. The quantitative estimate of drug-likeness (QED) is 0.685. The van der Waals surface area contributed by atoms with E-state index < -0.39 is 12.1 Å². The average molecular weight is 258 g/mol. The van der Waals surface area contributed by atoms with Crippen molar-refractivity contribution in [1.29, 1.82) is 0 Å². The lowest BCUT2D eigenvalue weighted by Gasteiger charge is -2.28. The van der Waals surface area contributed by atoms with Crippen LogP contribution in [-0.2, 0) is 9.53 Å². The van der Waals surface area contributed by atoms with E-state index in [1.54, 1.807) is 0 Å². The predicted octanol–water partition coefficient (Wildman–Crippen LogP) is 0.964. The zero-order valence-corrected chi connectivity index (χ0v) is 11.2. The fraction of sp³-hybridized carbons (Fsp3) is 0.833. The molecular formula is C12H22N2O4. The highest BCUT2D eigenvalue weighted by atomic mass is 16.5. The molecule has 0 aromatic carbocycles. The van der Waals surface area contributed by atoms with Crippen molar-refractivity contribution in [3.8, 4) is 0 Å². The summed E-state index contributed by atoms with van der Waals surface area (Å²) in [5.41, 5.74) is 0.102. The van der Waals surface area contributed by atoms with Crippen LogP contribution in [0.5, 0.6) is 0 Å². The van der Waals surface area contributed by atoms with Gasteiger partial charge in [0.05, 0.1) is 6.54 Å². The summed E-state index contributed by atoms with van der Waals surface area (Å²) in [6.07, 6.45) is 2.15. The van der Waals surface area contributed by atoms with E-state index in [1.165, 1.54) is 7.11 Å². The molecule has 0 heterocycles. The van der Waals surface area contributed by atoms with Gasteiger partial charge in [-0.05, 0) is 18.3 Å². The van der Waals surface area contributed by atoms with E-state index in [-0.39, 0.29) is 24.0 Å². The lowest BCUT2D eigenvalue weighted by atomic mass is 9.87. The number of carbonyl (C=O) groups excluding carboxylic acids is 1. The Morgan fingerprint density at radius 3 is 2.61 bits per heavy atom. The lowest BCUT2D eigenvalue weighted by molar-refractivity contribution is -0.147. The highest BCUT2D eigenvalue weighted by molar-refractivity contribution is 5.77. The number of ether oxygens (including phenoxy) is 1. The summed E-state index contributed by atoms with van der Waals surface area (Å²) in [6, 6.07) is -0.193. The van der Waals surface area contributed by atoms with Crippen LogP contribution in [0.2, 0.25) is 0 Å². The second-order valence-corrected chi connectivity index (χ2v) is 5.35. The van der Waals surface area contributed by atoms with Crippen LogP contribution in [0.25, 0.3) is 0 Å². The number of amides is 2. The summed E-state index contributed by atoms with van der Waals surface area (Å²) in [5, 5.41) is 14.2. The van der Waals surface area contributed by atoms with Crippen molar-refractivity contribution in [2.45, 2.75) is 45.3 Å². The molecule has 0 aliphatic heterocycles. The normalized spacial score (nSPS) is 23.4. The third-order valence-corrected chi connectivity index (χ3v) is 3.57. The van der Waals surface area contributed by atoms with Crippen LogP contribution >= 0.6 is 0 Å². The number of carboxylic acids is 1. The molecule has 104 valence electrons. The van der Waals surface area contributed by atoms with E-state index in [4.69, 9.17) is 9.84 Å². The molecule has 0 aromatic heterocycles. The molecule has 0 spiro atoms. The maximum Gasteiger partial charge on any atom is 0.334 e. The number of urea groups is 1. The Bertz CT molecular complexity index is 317. The van der Waals surface area contributed by atoms with Crippen LogP contribution in [0.4, 0.5) is 4.79 Å². The van der Waals surface area contributed by atoms with E-state index >= 15 is 0 Å². The molecule has 2 amide bonds. The summed E-state index contributed by atoms with van der Waals surface area (Å²) in [5.74, 6) is -1.08. The molecule has 1 aliphatic carbocycles. The highest BCUT2D eigenvalue weighted by Crippen LogP contribution is 2.36. The minimum atomic E-state index is -1.08. The SMILES string of the molecule is COC(CNC(=O)NC1CCCC1(C)C)C(=O)O. The summed E-state index contributed by atoms with van der Waals surface area (Å²) >= 11 is 0. The Hall–Kier alpha value is -1.30. The van der Waals surface area contributed by atoms with Gasteiger partial charge in [0.2, 0.25) is 0 Å². The van der Waals surface area contributed by atoms with Gasteiger partial charge in [-0.3, -0.25) is 0 Å². The lowest BCUT2D eigenvalue weighted by Crippen LogP contribution is -2.49. The van der Waals surface area contributed by atoms with Gasteiger partial charge in [0, 0.05) is 13.2 Å². The number of hydrogen-bond donors (Lipinski definition) is 3. The van der Waals surface area contributed by atoms with Crippen LogP contribution in [0.15, 0.2) is 0 Å². The first-order valence-corrected chi connectivity index (χ1v) is 6.17. The first-order valence-electron chi connectivity index (χ1n) is 6.17. The molecule has 2 unspecified atom stereocenters. The fourth-order valence-electron chi connectivity index (χ4n) is 2.26. The molecule has 1 rings (SSSR count). The molecule has 1 saturated carbocycles. The van der Waals surface area contributed by atoms with E-state index in [0.717, 1.165) is 19.3 Å². The number of aliphatic carboxylic acids is 1. The second kappa shape index (κ2) is 6.04. The smallest absolute Gasteiger partial charge is 0.334 e. The van der Waals surface area contributed by atoms with Gasteiger partial charge < -0.3 is 20.5 Å². The van der Waals surface area contributed by atoms with Gasteiger partial charge in [0.25, 0.3) is 0 Å². The summed E-state index contributed by atoms with van der Waals surface area (Å²) in [4.78, 5) is 22.4. The molecule has 3 N–H and O–H groups in total. The zero-order valence-electron chi connectivity index (χ0n) is 11.2. The number of hydrogen-bond acceptors (Lipinski definition) is 3. The maximum atomic E-state index is 11.7. The molecule has 1 aliphatic rings.